The molecular formula is C6H10ClNSSi. The van der Waals surface area contributed by atoms with Crippen molar-refractivity contribution >= 4 is 35.5 Å². The monoisotopic (exact) mass is 191 g/mol. The zero-order chi connectivity index (χ0) is 7.78. The number of thiazole rings is 1. The van der Waals surface area contributed by atoms with Crippen molar-refractivity contribution in [3.8, 4) is 0 Å². The van der Waals surface area contributed by atoms with Crippen molar-refractivity contribution in [2.75, 3.05) is 0 Å². The van der Waals surface area contributed by atoms with Crippen LogP contribution >= 0.6 is 22.9 Å². The second-order valence-corrected chi connectivity index (χ2v) is 10.2. The maximum Gasteiger partial charge on any atom is 0.183 e. The van der Waals surface area contributed by atoms with E-state index in [1.54, 1.807) is 11.3 Å². The molecule has 0 atom stereocenters. The highest BCUT2D eigenvalue weighted by Crippen LogP contribution is 2.13. The Labute approximate surface area is 71.1 Å². The second-order valence-electron chi connectivity index (χ2n) is 3.23. The van der Waals surface area contributed by atoms with Gasteiger partial charge in [-0.25, -0.2) is 4.98 Å². The molecule has 0 aromatic carbocycles. The molecule has 1 aromatic rings. The quantitative estimate of drug-likeness (QED) is 0.622. The highest BCUT2D eigenvalue weighted by molar-refractivity contribution is 7.28. The van der Waals surface area contributed by atoms with Crippen LogP contribution in [-0.2, 0) is 0 Å². The van der Waals surface area contributed by atoms with Crippen molar-refractivity contribution in [1.29, 1.82) is 0 Å². The summed E-state index contributed by atoms with van der Waals surface area (Å²) < 4.78 is 2.04. The lowest BCUT2D eigenvalue weighted by molar-refractivity contribution is 1.43. The number of rotatable bonds is 1. The SMILES string of the molecule is C[Si](C)(C)c1cnc(Cl)s1. The van der Waals surface area contributed by atoms with E-state index < -0.39 is 8.07 Å². The van der Waals surface area contributed by atoms with Crippen LogP contribution < -0.4 is 4.50 Å². The maximum atomic E-state index is 5.70. The van der Waals surface area contributed by atoms with Gasteiger partial charge in [0.05, 0.1) is 8.07 Å². The van der Waals surface area contributed by atoms with Gasteiger partial charge in [-0.05, 0) is 0 Å². The minimum Gasteiger partial charge on any atom is -0.234 e. The van der Waals surface area contributed by atoms with Crippen LogP contribution in [0.2, 0.25) is 24.1 Å². The van der Waals surface area contributed by atoms with E-state index >= 15 is 0 Å². The first-order valence-corrected chi connectivity index (χ1v) is 7.81. The number of hydrogen-bond donors (Lipinski definition) is 0. The third kappa shape index (κ3) is 1.81. The summed E-state index contributed by atoms with van der Waals surface area (Å²) in [7, 11) is -1.14. The van der Waals surface area contributed by atoms with Crippen LogP contribution in [0.3, 0.4) is 0 Å². The molecule has 0 saturated heterocycles. The van der Waals surface area contributed by atoms with Crippen LogP contribution in [-0.4, -0.2) is 13.1 Å². The first-order chi connectivity index (χ1) is 4.50. The van der Waals surface area contributed by atoms with Gasteiger partial charge in [0.15, 0.2) is 4.47 Å². The first-order valence-electron chi connectivity index (χ1n) is 3.12. The molecule has 0 saturated carbocycles. The summed E-state index contributed by atoms with van der Waals surface area (Å²) in [5.41, 5.74) is 0. The molecule has 0 bridgehead atoms. The summed E-state index contributed by atoms with van der Waals surface area (Å²) in [6.45, 7) is 6.87. The highest BCUT2D eigenvalue weighted by atomic mass is 35.5. The molecule has 0 aliphatic carbocycles. The van der Waals surface area contributed by atoms with E-state index in [-0.39, 0.29) is 0 Å². The number of aromatic nitrogens is 1. The fourth-order valence-corrected chi connectivity index (χ4v) is 3.45. The van der Waals surface area contributed by atoms with Gasteiger partial charge in [0.2, 0.25) is 0 Å². The molecule has 1 rings (SSSR count). The van der Waals surface area contributed by atoms with Gasteiger partial charge < -0.3 is 0 Å². The van der Waals surface area contributed by atoms with Crippen LogP contribution in [0.25, 0.3) is 0 Å². The third-order valence-corrected chi connectivity index (χ3v) is 5.90. The van der Waals surface area contributed by atoms with Gasteiger partial charge in [-0.1, -0.05) is 31.2 Å². The minimum absolute atomic E-state index is 0.664. The van der Waals surface area contributed by atoms with Crippen LogP contribution in [0, 0.1) is 0 Å². The molecule has 4 heteroatoms. The number of nitrogens with zero attached hydrogens (tertiary/aromatic N) is 1. The lowest BCUT2D eigenvalue weighted by Gasteiger charge is -2.10. The third-order valence-electron chi connectivity index (χ3n) is 1.22. The van der Waals surface area contributed by atoms with Crippen LogP contribution in [0.5, 0.6) is 0 Å². The summed E-state index contributed by atoms with van der Waals surface area (Å²) in [5.74, 6) is 0. The molecular weight excluding hydrogens is 182 g/mol. The molecule has 1 aromatic heterocycles. The standard InChI is InChI=1S/C6H10ClNSSi/c1-10(2,3)5-4-8-6(7)9-5/h4H,1-3H3. The predicted octanol–water partition coefficient (Wildman–Crippen LogP) is 2.34. The minimum atomic E-state index is -1.14. The summed E-state index contributed by atoms with van der Waals surface area (Å²) in [4.78, 5) is 4.00. The van der Waals surface area contributed by atoms with Gasteiger partial charge in [-0.2, -0.15) is 0 Å². The van der Waals surface area contributed by atoms with Crippen LogP contribution in [0.15, 0.2) is 6.20 Å². The predicted molar refractivity (Wildman–Crippen MR) is 50.1 cm³/mol. The fourth-order valence-electron chi connectivity index (χ4n) is 0.600. The zero-order valence-corrected chi connectivity index (χ0v) is 8.88. The molecule has 0 spiro atoms. The number of hydrogen-bond acceptors (Lipinski definition) is 2. The van der Waals surface area contributed by atoms with E-state index in [9.17, 15) is 0 Å². The Kier molecular flexibility index (Phi) is 2.17. The normalized spacial score (nSPS) is 12.0. The lowest BCUT2D eigenvalue weighted by atomic mass is 11.0. The summed E-state index contributed by atoms with van der Waals surface area (Å²) in [5, 5.41) is 0. The summed E-state index contributed by atoms with van der Waals surface area (Å²) in [6, 6.07) is 0. The van der Waals surface area contributed by atoms with E-state index in [0.717, 1.165) is 0 Å². The van der Waals surface area contributed by atoms with E-state index in [1.165, 1.54) is 4.50 Å². The summed E-state index contributed by atoms with van der Waals surface area (Å²) >= 11 is 7.31. The van der Waals surface area contributed by atoms with E-state index in [0.29, 0.717) is 4.47 Å². The average molecular weight is 192 g/mol. The maximum absolute atomic E-state index is 5.70. The summed E-state index contributed by atoms with van der Waals surface area (Å²) in [6.07, 6.45) is 1.90. The molecule has 0 amide bonds. The Morgan fingerprint density at radius 1 is 1.50 bits per heavy atom. The van der Waals surface area contributed by atoms with Gasteiger partial charge in [-0.3, -0.25) is 0 Å². The van der Waals surface area contributed by atoms with Crippen molar-refractivity contribution in [1.82, 2.24) is 4.98 Å². The van der Waals surface area contributed by atoms with Gasteiger partial charge >= 0.3 is 0 Å². The Bertz CT molecular complexity index is 228. The van der Waals surface area contributed by atoms with E-state index in [4.69, 9.17) is 11.6 Å². The molecule has 10 heavy (non-hydrogen) atoms. The number of halogens is 1. The van der Waals surface area contributed by atoms with E-state index in [2.05, 4.69) is 24.6 Å². The molecule has 0 fully saturated rings. The Balaban J connectivity index is 2.96. The average Bonchev–Trinajstić information content (AvgIpc) is 2.11. The largest absolute Gasteiger partial charge is 0.234 e. The van der Waals surface area contributed by atoms with Crippen LogP contribution in [0.1, 0.15) is 0 Å². The molecule has 0 aliphatic heterocycles. The van der Waals surface area contributed by atoms with Crippen molar-refractivity contribution in [3.63, 3.8) is 0 Å². The smallest absolute Gasteiger partial charge is 0.183 e. The second kappa shape index (κ2) is 2.64. The lowest BCUT2D eigenvalue weighted by Crippen LogP contribution is -2.34. The molecule has 0 unspecified atom stereocenters. The van der Waals surface area contributed by atoms with Crippen molar-refractivity contribution in [2.24, 2.45) is 0 Å². The molecule has 0 aliphatic rings. The van der Waals surface area contributed by atoms with E-state index in [1.807, 2.05) is 6.20 Å². The molecule has 0 radical (unpaired) electrons. The fraction of sp³-hybridized carbons (Fsp3) is 0.500. The van der Waals surface area contributed by atoms with Crippen LogP contribution in [0.4, 0.5) is 0 Å². The van der Waals surface area contributed by atoms with Gasteiger partial charge in [0, 0.05) is 10.7 Å². The topological polar surface area (TPSA) is 12.9 Å². The van der Waals surface area contributed by atoms with Gasteiger partial charge in [0.25, 0.3) is 0 Å². The Hall–Kier alpha value is 0.137. The first kappa shape index (κ1) is 8.24. The van der Waals surface area contributed by atoms with Gasteiger partial charge in [0.1, 0.15) is 0 Å². The van der Waals surface area contributed by atoms with Crippen molar-refractivity contribution in [3.05, 3.63) is 10.7 Å². The van der Waals surface area contributed by atoms with Crippen molar-refractivity contribution < 1.29 is 0 Å². The zero-order valence-electron chi connectivity index (χ0n) is 6.31. The Morgan fingerprint density at radius 3 is 2.30 bits per heavy atom. The van der Waals surface area contributed by atoms with Gasteiger partial charge in [-0.15, -0.1) is 11.3 Å². The highest BCUT2D eigenvalue weighted by Gasteiger charge is 2.18. The van der Waals surface area contributed by atoms with Crippen molar-refractivity contribution in [2.45, 2.75) is 19.6 Å². The molecule has 56 valence electrons. The molecule has 1 heterocycles. The molecule has 1 nitrogen and oxygen atoms in total. The Morgan fingerprint density at radius 2 is 2.10 bits per heavy atom. The molecule has 0 N–H and O–H groups in total.